The normalized spacial score (nSPS) is 10.9. The number of benzene rings is 2. The van der Waals surface area contributed by atoms with Crippen molar-refractivity contribution in [1.82, 2.24) is 4.90 Å². The predicted octanol–water partition coefficient (Wildman–Crippen LogP) is 2.79. The summed E-state index contributed by atoms with van der Waals surface area (Å²) < 4.78 is 25.1. The van der Waals surface area contributed by atoms with Gasteiger partial charge in [-0.3, -0.25) is 14.3 Å². The van der Waals surface area contributed by atoms with E-state index in [0.717, 1.165) is 6.26 Å². The summed E-state index contributed by atoms with van der Waals surface area (Å²) in [5.41, 5.74) is 1.37. The van der Waals surface area contributed by atoms with Gasteiger partial charge >= 0.3 is 0 Å². The summed E-state index contributed by atoms with van der Waals surface area (Å²) in [4.78, 5) is 26.9. The average Bonchev–Trinajstić information content (AvgIpc) is 2.62. The number of carbonyl (C=O) groups is 2. The summed E-state index contributed by atoms with van der Waals surface area (Å²) in [6, 6.07) is 12.9. The molecule has 0 bridgehead atoms. The first kappa shape index (κ1) is 20.4. The van der Waals surface area contributed by atoms with Crippen LogP contribution in [0.5, 0.6) is 0 Å². The maximum Gasteiger partial charge on any atom is 0.255 e. The van der Waals surface area contributed by atoms with E-state index in [1.54, 1.807) is 47.4 Å². The monoisotopic (exact) mass is 389 g/mol. The largest absolute Gasteiger partial charge is 0.339 e. The van der Waals surface area contributed by atoms with Crippen LogP contribution in [0, 0.1) is 0 Å². The molecule has 0 atom stereocenters. The van der Waals surface area contributed by atoms with Crippen LogP contribution < -0.4 is 10.0 Å². The van der Waals surface area contributed by atoms with E-state index in [0.29, 0.717) is 24.3 Å². The summed E-state index contributed by atoms with van der Waals surface area (Å²) in [6.45, 7) is 4.92. The molecule has 0 heterocycles. The first-order valence-electron chi connectivity index (χ1n) is 8.52. The molecule has 0 aliphatic rings. The molecule has 0 unspecified atom stereocenters. The minimum Gasteiger partial charge on any atom is -0.339 e. The van der Waals surface area contributed by atoms with Crippen molar-refractivity contribution >= 4 is 33.2 Å². The van der Waals surface area contributed by atoms with Gasteiger partial charge in [0, 0.05) is 24.3 Å². The van der Waals surface area contributed by atoms with Crippen LogP contribution >= 0.6 is 0 Å². The third kappa shape index (κ3) is 5.55. The van der Waals surface area contributed by atoms with Crippen molar-refractivity contribution in [3.05, 3.63) is 59.7 Å². The molecule has 0 fully saturated rings. The van der Waals surface area contributed by atoms with Crippen LogP contribution in [0.3, 0.4) is 0 Å². The summed E-state index contributed by atoms with van der Waals surface area (Å²) in [7, 11) is -3.44. The minimum absolute atomic E-state index is 0.164. The second kappa shape index (κ2) is 8.68. The third-order valence-corrected chi connectivity index (χ3v) is 4.49. The van der Waals surface area contributed by atoms with E-state index in [1.807, 2.05) is 13.8 Å². The molecule has 27 heavy (non-hydrogen) atoms. The van der Waals surface area contributed by atoms with Gasteiger partial charge in [0.15, 0.2) is 0 Å². The number of anilines is 2. The number of nitrogens with one attached hydrogen (secondary N) is 2. The fraction of sp³-hybridized carbons (Fsp3) is 0.263. The lowest BCUT2D eigenvalue weighted by Crippen LogP contribution is -2.31. The highest BCUT2D eigenvalue weighted by Crippen LogP contribution is 2.19. The lowest BCUT2D eigenvalue weighted by Gasteiger charge is -2.20. The van der Waals surface area contributed by atoms with Crippen LogP contribution in [0.1, 0.15) is 34.6 Å². The Morgan fingerprint density at radius 3 is 2.30 bits per heavy atom. The Kier molecular flexibility index (Phi) is 6.57. The zero-order valence-corrected chi connectivity index (χ0v) is 16.3. The van der Waals surface area contributed by atoms with E-state index in [1.165, 1.54) is 6.07 Å². The number of hydrogen-bond acceptors (Lipinski definition) is 4. The van der Waals surface area contributed by atoms with Gasteiger partial charge in [-0.1, -0.05) is 18.2 Å². The average molecular weight is 389 g/mol. The molecule has 0 aromatic heterocycles. The van der Waals surface area contributed by atoms with Gasteiger partial charge in [-0.25, -0.2) is 8.42 Å². The summed E-state index contributed by atoms with van der Waals surface area (Å²) in [5.74, 6) is -0.602. The molecule has 0 saturated heterocycles. The van der Waals surface area contributed by atoms with E-state index in [4.69, 9.17) is 0 Å². The number of carbonyl (C=O) groups excluding carboxylic acids is 2. The van der Waals surface area contributed by atoms with Crippen LogP contribution in [-0.4, -0.2) is 44.5 Å². The molecule has 0 radical (unpaired) electrons. The van der Waals surface area contributed by atoms with Crippen LogP contribution in [-0.2, 0) is 10.0 Å². The Hall–Kier alpha value is -2.87. The number of hydrogen-bond donors (Lipinski definition) is 2. The fourth-order valence-electron chi connectivity index (χ4n) is 2.59. The molecule has 2 aromatic carbocycles. The lowest BCUT2D eigenvalue weighted by atomic mass is 10.1. The SMILES string of the molecule is CCN(CC)C(=O)c1ccccc1NC(=O)c1cccc(NS(C)(=O)=O)c1. The Bertz CT molecular complexity index is 937. The van der Waals surface area contributed by atoms with Gasteiger partial charge in [0.05, 0.1) is 17.5 Å². The van der Waals surface area contributed by atoms with Gasteiger partial charge < -0.3 is 10.2 Å². The van der Waals surface area contributed by atoms with E-state index in [2.05, 4.69) is 10.0 Å². The van der Waals surface area contributed by atoms with Gasteiger partial charge in [-0.15, -0.1) is 0 Å². The highest BCUT2D eigenvalue weighted by Gasteiger charge is 2.18. The number of amides is 2. The molecule has 0 spiro atoms. The van der Waals surface area contributed by atoms with Crippen LogP contribution in [0.4, 0.5) is 11.4 Å². The first-order chi connectivity index (χ1) is 12.7. The molecule has 0 aliphatic carbocycles. The van der Waals surface area contributed by atoms with Gasteiger partial charge in [0.25, 0.3) is 11.8 Å². The Morgan fingerprint density at radius 1 is 1.00 bits per heavy atom. The number of nitrogens with zero attached hydrogens (tertiary/aromatic N) is 1. The summed E-state index contributed by atoms with van der Waals surface area (Å²) in [6.07, 6.45) is 1.04. The molecule has 2 amide bonds. The molecular weight excluding hydrogens is 366 g/mol. The summed E-state index contributed by atoms with van der Waals surface area (Å²) >= 11 is 0. The first-order valence-corrected chi connectivity index (χ1v) is 10.4. The highest BCUT2D eigenvalue weighted by atomic mass is 32.2. The van der Waals surface area contributed by atoms with Crippen molar-refractivity contribution in [2.24, 2.45) is 0 Å². The predicted molar refractivity (Wildman–Crippen MR) is 107 cm³/mol. The summed E-state index contributed by atoms with van der Waals surface area (Å²) in [5, 5.41) is 2.74. The quantitative estimate of drug-likeness (QED) is 0.761. The van der Waals surface area contributed by atoms with E-state index < -0.39 is 15.9 Å². The van der Waals surface area contributed by atoms with E-state index in [-0.39, 0.29) is 17.2 Å². The molecular formula is C19H23N3O4S. The van der Waals surface area contributed by atoms with Gasteiger partial charge in [0.1, 0.15) is 0 Å². The lowest BCUT2D eigenvalue weighted by molar-refractivity contribution is 0.0774. The number of rotatable bonds is 7. The Balaban J connectivity index is 2.27. The van der Waals surface area contributed by atoms with Crippen molar-refractivity contribution in [1.29, 1.82) is 0 Å². The van der Waals surface area contributed by atoms with Crippen LogP contribution in [0.15, 0.2) is 48.5 Å². The highest BCUT2D eigenvalue weighted by molar-refractivity contribution is 7.92. The maximum atomic E-state index is 12.7. The molecule has 8 heteroatoms. The van der Waals surface area contributed by atoms with Crippen LogP contribution in [0.25, 0.3) is 0 Å². The minimum atomic E-state index is -3.44. The van der Waals surface area contributed by atoms with Gasteiger partial charge in [-0.05, 0) is 44.2 Å². The van der Waals surface area contributed by atoms with E-state index in [9.17, 15) is 18.0 Å². The molecule has 2 aromatic rings. The molecule has 0 saturated carbocycles. The second-order valence-corrected chi connectivity index (χ2v) is 7.68. The molecule has 144 valence electrons. The Morgan fingerprint density at radius 2 is 1.67 bits per heavy atom. The van der Waals surface area contributed by atoms with Crippen molar-refractivity contribution in [2.45, 2.75) is 13.8 Å². The van der Waals surface area contributed by atoms with Gasteiger partial charge in [0.2, 0.25) is 10.0 Å². The van der Waals surface area contributed by atoms with Gasteiger partial charge in [-0.2, -0.15) is 0 Å². The standard InChI is InChI=1S/C19H23N3O4S/c1-4-22(5-2)19(24)16-11-6-7-12-17(16)20-18(23)14-9-8-10-15(13-14)21-27(3,25)26/h6-13,21H,4-5H2,1-3H3,(H,20,23). The molecule has 7 nitrogen and oxygen atoms in total. The van der Waals surface area contributed by atoms with Crippen molar-refractivity contribution < 1.29 is 18.0 Å². The van der Waals surface area contributed by atoms with Crippen molar-refractivity contribution in [3.8, 4) is 0 Å². The second-order valence-electron chi connectivity index (χ2n) is 5.93. The zero-order valence-electron chi connectivity index (χ0n) is 15.5. The maximum absolute atomic E-state index is 12.7. The van der Waals surface area contributed by atoms with Crippen LogP contribution in [0.2, 0.25) is 0 Å². The molecule has 2 rings (SSSR count). The molecule has 0 aliphatic heterocycles. The fourth-order valence-corrected chi connectivity index (χ4v) is 3.15. The number of sulfonamides is 1. The third-order valence-electron chi connectivity index (χ3n) is 3.88. The smallest absolute Gasteiger partial charge is 0.255 e. The zero-order chi connectivity index (χ0) is 20.0. The van der Waals surface area contributed by atoms with Crippen molar-refractivity contribution in [3.63, 3.8) is 0 Å². The Labute approximate surface area is 159 Å². The van der Waals surface area contributed by atoms with Crippen molar-refractivity contribution in [2.75, 3.05) is 29.4 Å². The van der Waals surface area contributed by atoms with E-state index >= 15 is 0 Å². The topological polar surface area (TPSA) is 95.6 Å². The number of para-hydroxylation sites is 1. The molecule has 2 N–H and O–H groups in total.